The van der Waals surface area contributed by atoms with E-state index < -0.39 is 30.3 Å². The van der Waals surface area contributed by atoms with Crippen LogP contribution in [0.15, 0.2) is 35.2 Å². The van der Waals surface area contributed by atoms with Crippen LogP contribution in [0.5, 0.6) is 11.5 Å². The molecular weight excluding hydrogens is 368 g/mol. The minimum Gasteiger partial charge on any atom is -0.457 e. The minimum absolute atomic E-state index is 0.0396. The number of hydrogen-bond donors (Lipinski definition) is 1. The zero-order chi connectivity index (χ0) is 17.5. The van der Waals surface area contributed by atoms with Crippen LogP contribution in [0.4, 0.5) is 17.6 Å². The van der Waals surface area contributed by atoms with E-state index in [0.29, 0.717) is 11.8 Å². The van der Waals surface area contributed by atoms with E-state index in [4.69, 9.17) is 16.3 Å². The maximum atomic E-state index is 13.9. The smallest absolute Gasteiger partial charge is 0.281 e. The number of alkyl halides is 3. The van der Waals surface area contributed by atoms with E-state index in [9.17, 15) is 22.7 Å². The van der Waals surface area contributed by atoms with Gasteiger partial charge in [0.05, 0.1) is 0 Å². The highest BCUT2D eigenvalue weighted by Gasteiger charge is 2.49. The van der Waals surface area contributed by atoms with Crippen molar-refractivity contribution in [1.29, 1.82) is 0 Å². The monoisotopic (exact) mass is 378 g/mol. The molecule has 0 saturated heterocycles. The molecule has 24 heavy (non-hydrogen) atoms. The zero-order valence-corrected chi connectivity index (χ0v) is 13.6. The number of rotatable bonds is 4. The maximum absolute atomic E-state index is 13.9. The Hall–Kier alpha value is -1.44. The van der Waals surface area contributed by atoms with Crippen LogP contribution < -0.4 is 4.74 Å². The molecule has 2 nitrogen and oxygen atoms in total. The molecule has 1 aliphatic rings. The Morgan fingerprint density at radius 2 is 2.04 bits per heavy atom. The first-order valence-electron chi connectivity index (χ1n) is 6.86. The summed E-state index contributed by atoms with van der Waals surface area (Å²) in [5.74, 6) is -3.93. The number of halogens is 5. The van der Waals surface area contributed by atoms with Gasteiger partial charge in [0.1, 0.15) is 29.4 Å². The summed E-state index contributed by atoms with van der Waals surface area (Å²) in [4.78, 5) is 0.224. The minimum atomic E-state index is -3.38. The molecule has 0 fully saturated rings. The van der Waals surface area contributed by atoms with E-state index in [1.54, 1.807) is 0 Å². The summed E-state index contributed by atoms with van der Waals surface area (Å²) in [5, 5.41) is 9.97. The van der Waals surface area contributed by atoms with Crippen LogP contribution in [0.2, 0.25) is 5.02 Å². The van der Waals surface area contributed by atoms with Crippen molar-refractivity contribution in [3.05, 3.63) is 52.3 Å². The number of fused-ring (bicyclic) bond motifs is 1. The lowest BCUT2D eigenvalue weighted by molar-refractivity contribution is -0.0976. The van der Waals surface area contributed by atoms with Gasteiger partial charge in [-0.1, -0.05) is 23.4 Å². The molecule has 1 unspecified atom stereocenters. The van der Waals surface area contributed by atoms with E-state index in [-0.39, 0.29) is 32.5 Å². The Bertz CT molecular complexity index is 765. The summed E-state index contributed by atoms with van der Waals surface area (Å²) in [7, 11) is 0. The lowest BCUT2D eigenvalue weighted by Crippen LogP contribution is -2.21. The fourth-order valence-corrected chi connectivity index (χ4v) is 3.53. The Morgan fingerprint density at radius 1 is 1.29 bits per heavy atom. The van der Waals surface area contributed by atoms with Crippen LogP contribution in [-0.4, -0.2) is 17.0 Å². The van der Waals surface area contributed by atoms with Crippen molar-refractivity contribution in [2.45, 2.75) is 23.3 Å². The van der Waals surface area contributed by atoms with Gasteiger partial charge in [0.2, 0.25) is 0 Å². The van der Waals surface area contributed by atoms with Crippen molar-refractivity contribution < 1.29 is 27.4 Å². The number of aliphatic hydroxyl groups is 1. The molecule has 0 heterocycles. The van der Waals surface area contributed by atoms with Crippen LogP contribution in [-0.2, 0) is 6.42 Å². The van der Waals surface area contributed by atoms with E-state index in [0.717, 1.165) is 12.1 Å². The molecule has 2 aromatic rings. The lowest BCUT2D eigenvalue weighted by Gasteiger charge is -2.15. The van der Waals surface area contributed by atoms with Gasteiger partial charge in [0, 0.05) is 33.5 Å². The molecule has 3 rings (SSSR count). The normalized spacial score (nSPS) is 18.5. The van der Waals surface area contributed by atoms with E-state index >= 15 is 0 Å². The van der Waals surface area contributed by atoms with Gasteiger partial charge in [-0.05, 0) is 24.3 Å². The molecule has 0 aromatic heterocycles. The summed E-state index contributed by atoms with van der Waals surface area (Å²) >= 11 is 6.45. The summed E-state index contributed by atoms with van der Waals surface area (Å²) in [6.07, 6.45) is -2.79. The van der Waals surface area contributed by atoms with Crippen LogP contribution in [0.1, 0.15) is 17.2 Å². The summed E-state index contributed by atoms with van der Waals surface area (Å²) in [5.41, 5.74) is 0.0222. The molecular formula is C16H11ClF4O2S. The standard InChI is InChI=1S/C16H11ClF4O2S/c17-8-3-9(19)5-10(4-8)23-12-1-2-13(24-7-18)14-11(12)6-16(20,21)15(14)22/h1-5,15,22H,6-7H2. The van der Waals surface area contributed by atoms with E-state index in [1.165, 1.54) is 18.2 Å². The summed E-state index contributed by atoms with van der Waals surface area (Å²) in [6, 6.07) is 5.45. The van der Waals surface area contributed by atoms with Crippen molar-refractivity contribution in [3.8, 4) is 11.5 Å². The molecule has 0 spiro atoms. The average Bonchev–Trinajstić information content (AvgIpc) is 2.72. The van der Waals surface area contributed by atoms with Gasteiger partial charge in [-0.2, -0.15) is 0 Å². The highest BCUT2D eigenvalue weighted by Crippen LogP contribution is 2.50. The highest BCUT2D eigenvalue weighted by molar-refractivity contribution is 7.99. The summed E-state index contributed by atoms with van der Waals surface area (Å²) in [6.45, 7) is 0. The Labute approximate surface area is 144 Å². The van der Waals surface area contributed by atoms with Crippen molar-refractivity contribution >= 4 is 23.4 Å². The van der Waals surface area contributed by atoms with Crippen molar-refractivity contribution in [3.63, 3.8) is 0 Å². The fraction of sp³-hybridized carbons (Fsp3) is 0.250. The van der Waals surface area contributed by atoms with Crippen molar-refractivity contribution in [2.75, 3.05) is 6.01 Å². The molecule has 0 amide bonds. The predicted molar refractivity (Wildman–Crippen MR) is 83.4 cm³/mol. The Kier molecular flexibility index (Phi) is 4.68. The van der Waals surface area contributed by atoms with E-state index in [1.807, 2.05) is 0 Å². The van der Waals surface area contributed by atoms with Gasteiger partial charge in [-0.25, -0.2) is 17.6 Å². The molecule has 1 aliphatic carbocycles. The molecule has 0 aliphatic heterocycles. The molecule has 1 N–H and O–H groups in total. The maximum Gasteiger partial charge on any atom is 0.281 e. The first kappa shape index (κ1) is 17.4. The number of benzene rings is 2. The third-order valence-corrected chi connectivity index (χ3v) is 4.63. The first-order valence-corrected chi connectivity index (χ1v) is 8.22. The van der Waals surface area contributed by atoms with Crippen LogP contribution >= 0.6 is 23.4 Å². The fourth-order valence-electron chi connectivity index (χ4n) is 2.64. The van der Waals surface area contributed by atoms with Crippen molar-refractivity contribution in [1.82, 2.24) is 0 Å². The topological polar surface area (TPSA) is 29.5 Å². The van der Waals surface area contributed by atoms with Gasteiger partial charge < -0.3 is 9.84 Å². The third-order valence-electron chi connectivity index (χ3n) is 3.63. The quantitative estimate of drug-likeness (QED) is 0.561. The van der Waals surface area contributed by atoms with E-state index in [2.05, 4.69) is 0 Å². The average molecular weight is 379 g/mol. The SMILES string of the molecule is OC1c2c(SCF)ccc(Oc3cc(F)cc(Cl)c3)c2CC1(F)F. The molecule has 2 aromatic carbocycles. The largest absolute Gasteiger partial charge is 0.457 e. The van der Waals surface area contributed by atoms with Gasteiger partial charge in [0.25, 0.3) is 5.92 Å². The van der Waals surface area contributed by atoms with Crippen LogP contribution in [0.3, 0.4) is 0 Å². The van der Waals surface area contributed by atoms with Gasteiger partial charge in [-0.15, -0.1) is 0 Å². The second kappa shape index (κ2) is 6.46. The Morgan fingerprint density at radius 3 is 2.71 bits per heavy atom. The number of aliphatic hydroxyl groups excluding tert-OH is 1. The lowest BCUT2D eigenvalue weighted by atomic mass is 10.1. The highest BCUT2D eigenvalue weighted by atomic mass is 35.5. The molecule has 8 heteroatoms. The Balaban J connectivity index is 2.04. The van der Waals surface area contributed by atoms with Gasteiger partial charge in [0.15, 0.2) is 0 Å². The first-order chi connectivity index (χ1) is 11.3. The number of ether oxygens (including phenoxy) is 1. The second-order valence-electron chi connectivity index (χ2n) is 5.26. The number of hydrogen-bond acceptors (Lipinski definition) is 3. The molecule has 1 atom stereocenters. The van der Waals surface area contributed by atoms with Crippen LogP contribution in [0, 0.1) is 5.82 Å². The van der Waals surface area contributed by atoms with Crippen molar-refractivity contribution in [2.24, 2.45) is 0 Å². The van der Waals surface area contributed by atoms with Crippen LogP contribution in [0.25, 0.3) is 0 Å². The second-order valence-corrected chi connectivity index (χ2v) is 6.64. The third kappa shape index (κ3) is 3.20. The molecule has 128 valence electrons. The molecule has 0 saturated carbocycles. The number of thioether (sulfide) groups is 1. The summed E-state index contributed by atoms with van der Waals surface area (Å²) < 4.78 is 59.3. The van der Waals surface area contributed by atoms with Gasteiger partial charge >= 0.3 is 0 Å². The van der Waals surface area contributed by atoms with Gasteiger partial charge in [-0.3, -0.25) is 0 Å². The zero-order valence-electron chi connectivity index (χ0n) is 12.0. The molecule has 0 bridgehead atoms. The molecule has 0 radical (unpaired) electrons. The predicted octanol–water partition coefficient (Wildman–Crippen LogP) is 5.52.